The number of amides is 1. The number of nitrogens with zero attached hydrogens (tertiary/aromatic N) is 2. The second-order valence-corrected chi connectivity index (χ2v) is 7.79. The van der Waals surface area contributed by atoms with Crippen molar-refractivity contribution in [1.29, 1.82) is 0 Å². The number of aromatic nitrogens is 1. The number of fused-ring (bicyclic) bond motifs is 1. The van der Waals surface area contributed by atoms with Gasteiger partial charge in [-0.2, -0.15) is 0 Å². The fraction of sp³-hybridized carbons (Fsp3) is 0.435. The van der Waals surface area contributed by atoms with Crippen molar-refractivity contribution in [2.45, 2.75) is 51.0 Å². The van der Waals surface area contributed by atoms with Crippen LogP contribution in [0.4, 0.5) is 10.1 Å². The second-order valence-electron chi connectivity index (χ2n) is 7.79. The number of rotatable bonds is 5. The quantitative estimate of drug-likeness (QED) is 0.775. The normalized spacial score (nSPS) is 19.7. The summed E-state index contributed by atoms with van der Waals surface area (Å²) >= 11 is 0. The summed E-state index contributed by atoms with van der Waals surface area (Å²) in [5, 5.41) is 0. The molecule has 0 aliphatic carbocycles. The molecule has 2 atom stereocenters. The number of hydrogen-bond acceptors (Lipinski definition) is 4. The van der Waals surface area contributed by atoms with Gasteiger partial charge in [0.25, 0.3) is 5.91 Å². The van der Waals surface area contributed by atoms with Crippen molar-refractivity contribution in [2.75, 3.05) is 18.1 Å². The number of ketones is 1. The smallest absolute Gasteiger partial charge is 0.256 e. The predicted molar refractivity (Wildman–Crippen MR) is 107 cm³/mol. The Morgan fingerprint density at radius 1 is 1.21 bits per heavy atom. The molecule has 152 valence electrons. The van der Waals surface area contributed by atoms with Crippen LogP contribution in [-0.2, 0) is 27.2 Å². The molecule has 29 heavy (non-hydrogen) atoms. The monoisotopic (exact) mass is 396 g/mol. The van der Waals surface area contributed by atoms with Crippen LogP contribution in [0.1, 0.15) is 49.1 Å². The number of carbonyl (C=O) groups is 2. The third kappa shape index (κ3) is 4.22. The number of pyridine rings is 1. The Balaban J connectivity index is 1.50. The fourth-order valence-corrected chi connectivity index (χ4v) is 4.00. The maximum Gasteiger partial charge on any atom is 0.256 e. The maximum atomic E-state index is 13.1. The lowest BCUT2D eigenvalue weighted by molar-refractivity contribution is -0.127. The number of ether oxygens (including phenoxy) is 1. The molecule has 2 aromatic rings. The lowest BCUT2D eigenvalue weighted by atomic mass is 9.95. The Bertz CT molecular complexity index is 907. The van der Waals surface area contributed by atoms with Gasteiger partial charge in [0.2, 0.25) is 0 Å². The molecule has 0 saturated carbocycles. The van der Waals surface area contributed by atoms with E-state index in [0.29, 0.717) is 18.8 Å². The van der Waals surface area contributed by atoms with Gasteiger partial charge in [-0.3, -0.25) is 14.6 Å². The van der Waals surface area contributed by atoms with Gasteiger partial charge >= 0.3 is 0 Å². The summed E-state index contributed by atoms with van der Waals surface area (Å²) < 4.78 is 18.6. The average Bonchev–Trinajstić information content (AvgIpc) is 3.28. The first-order valence-electron chi connectivity index (χ1n) is 10.2. The van der Waals surface area contributed by atoms with E-state index in [0.717, 1.165) is 42.6 Å². The molecule has 0 radical (unpaired) electrons. The van der Waals surface area contributed by atoms with E-state index < -0.39 is 0 Å². The number of halogens is 1. The van der Waals surface area contributed by atoms with Gasteiger partial charge in [0.1, 0.15) is 17.7 Å². The second kappa shape index (κ2) is 8.41. The van der Waals surface area contributed by atoms with Gasteiger partial charge in [0, 0.05) is 19.6 Å². The SMILES string of the molecule is CC(C(=O)Cc1ccc(F)cc1)c1ccc2c(n1)CCCN2C(=O)[C@@H]1CCCO1. The van der Waals surface area contributed by atoms with Gasteiger partial charge in [-0.25, -0.2) is 4.39 Å². The highest BCUT2D eigenvalue weighted by atomic mass is 19.1. The van der Waals surface area contributed by atoms with E-state index >= 15 is 0 Å². The van der Waals surface area contributed by atoms with Crippen molar-refractivity contribution in [3.63, 3.8) is 0 Å². The molecule has 1 saturated heterocycles. The topological polar surface area (TPSA) is 59.5 Å². The van der Waals surface area contributed by atoms with E-state index in [2.05, 4.69) is 0 Å². The van der Waals surface area contributed by atoms with E-state index in [1.54, 1.807) is 17.0 Å². The molecule has 4 rings (SSSR count). The first-order chi connectivity index (χ1) is 14.0. The molecule has 1 fully saturated rings. The van der Waals surface area contributed by atoms with Crippen molar-refractivity contribution >= 4 is 17.4 Å². The number of benzene rings is 1. The lowest BCUT2D eigenvalue weighted by Crippen LogP contribution is -2.42. The van der Waals surface area contributed by atoms with Crippen molar-refractivity contribution in [1.82, 2.24) is 4.98 Å². The summed E-state index contributed by atoms with van der Waals surface area (Å²) in [6.07, 6.45) is 3.21. The molecule has 0 N–H and O–H groups in total. The summed E-state index contributed by atoms with van der Waals surface area (Å²) in [5.41, 5.74) is 3.19. The highest BCUT2D eigenvalue weighted by Gasteiger charge is 2.32. The summed E-state index contributed by atoms with van der Waals surface area (Å²) in [4.78, 5) is 32.0. The van der Waals surface area contributed by atoms with Gasteiger partial charge in [-0.15, -0.1) is 0 Å². The van der Waals surface area contributed by atoms with Gasteiger partial charge in [0.05, 0.1) is 23.0 Å². The van der Waals surface area contributed by atoms with Crippen molar-refractivity contribution in [3.05, 3.63) is 59.2 Å². The Labute approximate surface area is 169 Å². The van der Waals surface area contributed by atoms with Crippen LogP contribution in [0, 0.1) is 5.82 Å². The molecule has 6 heteroatoms. The largest absolute Gasteiger partial charge is 0.368 e. The molecular formula is C23H25FN2O3. The van der Waals surface area contributed by atoms with Gasteiger partial charge in [0.15, 0.2) is 0 Å². The zero-order valence-electron chi connectivity index (χ0n) is 16.6. The molecule has 5 nitrogen and oxygen atoms in total. The molecule has 3 heterocycles. The summed E-state index contributed by atoms with van der Waals surface area (Å²) in [6.45, 7) is 3.16. The Hall–Kier alpha value is -2.60. The minimum absolute atomic E-state index is 0.0124. The van der Waals surface area contributed by atoms with Crippen LogP contribution >= 0.6 is 0 Å². The molecule has 2 aliphatic rings. The van der Waals surface area contributed by atoms with Crippen molar-refractivity contribution < 1.29 is 18.7 Å². The average molecular weight is 396 g/mol. The molecular weight excluding hydrogens is 371 g/mol. The highest BCUT2D eigenvalue weighted by Crippen LogP contribution is 2.30. The van der Waals surface area contributed by atoms with E-state index in [1.807, 2.05) is 19.1 Å². The van der Waals surface area contributed by atoms with Gasteiger partial charge in [-0.1, -0.05) is 12.1 Å². The van der Waals surface area contributed by atoms with Crippen LogP contribution in [-0.4, -0.2) is 35.9 Å². The Morgan fingerprint density at radius 2 is 2.00 bits per heavy atom. The van der Waals surface area contributed by atoms with Crippen molar-refractivity contribution in [2.24, 2.45) is 0 Å². The lowest BCUT2D eigenvalue weighted by Gasteiger charge is -2.31. The minimum atomic E-state index is -0.366. The maximum absolute atomic E-state index is 13.1. The van der Waals surface area contributed by atoms with Crippen LogP contribution in [0.25, 0.3) is 0 Å². The van der Waals surface area contributed by atoms with Gasteiger partial charge in [-0.05, 0) is 62.4 Å². The number of Topliss-reactive ketones (excluding diaryl/α,β-unsaturated/α-hetero) is 1. The molecule has 0 spiro atoms. The summed E-state index contributed by atoms with van der Waals surface area (Å²) in [7, 11) is 0. The van der Waals surface area contributed by atoms with Crippen LogP contribution in [0.3, 0.4) is 0 Å². The standard InChI is InChI=1S/C23H25FN2O3/c1-15(21(27)14-16-6-8-17(24)9-7-16)18-10-11-20-19(25-18)4-2-12-26(20)23(28)22-5-3-13-29-22/h6-11,15,22H,2-5,12-14H2,1H3/t15?,22-/m0/s1. The molecule has 0 bridgehead atoms. The minimum Gasteiger partial charge on any atom is -0.368 e. The Morgan fingerprint density at radius 3 is 2.72 bits per heavy atom. The van der Waals surface area contributed by atoms with Crippen LogP contribution in [0.2, 0.25) is 0 Å². The number of carbonyl (C=O) groups excluding carboxylic acids is 2. The molecule has 2 aliphatic heterocycles. The highest BCUT2D eigenvalue weighted by molar-refractivity contribution is 5.97. The third-order valence-corrected chi connectivity index (χ3v) is 5.75. The van der Waals surface area contributed by atoms with E-state index in [-0.39, 0.29) is 36.0 Å². The van der Waals surface area contributed by atoms with E-state index in [1.165, 1.54) is 12.1 Å². The van der Waals surface area contributed by atoms with Crippen LogP contribution in [0.15, 0.2) is 36.4 Å². The zero-order valence-corrected chi connectivity index (χ0v) is 16.6. The van der Waals surface area contributed by atoms with Gasteiger partial charge < -0.3 is 9.64 Å². The molecule has 1 amide bonds. The Kier molecular flexibility index (Phi) is 5.72. The summed E-state index contributed by atoms with van der Waals surface area (Å²) in [6, 6.07) is 9.75. The molecule has 1 aromatic carbocycles. The predicted octanol–water partition coefficient (Wildman–Crippen LogP) is 3.59. The number of aryl methyl sites for hydroxylation is 1. The van der Waals surface area contributed by atoms with Crippen LogP contribution < -0.4 is 4.90 Å². The third-order valence-electron chi connectivity index (χ3n) is 5.75. The first-order valence-corrected chi connectivity index (χ1v) is 10.2. The number of hydrogen-bond donors (Lipinski definition) is 0. The molecule has 1 aromatic heterocycles. The van der Waals surface area contributed by atoms with E-state index in [4.69, 9.17) is 9.72 Å². The van der Waals surface area contributed by atoms with Crippen molar-refractivity contribution in [3.8, 4) is 0 Å². The number of anilines is 1. The molecule has 1 unspecified atom stereocenters. The zero-order chi connectivity index (χ0) is 20.4. The first kappa shape index (κ1) is 19.7. The van der Waals surface area contributed by atoms with Crippen LogP contribution in [0.5, 0.6) is 0 Å². The van der Waals surface area contributed by atoms with E-state index in [9.17, 15) is 14.0 Å². The summed E-state index contributed by atoms with van der Waals surface area (Å²) in [5.74, 6) is -0.632. The fourth-order valence-electron chi connectivity index (χ4n) is 4.00.